The summed E-state index contributed by atoms with van der Waals surface area (Å²) in [6.45, 7) is 4.41. The number of aldehydes is 1. The third kappa shape index (κ3) is 2.99. The van der Waals surface area contributed by atoms with E-state index in [2.05, 4.69) is 38.1 Å². The van der Waals surface area contributed by atoms with E-state index < -0.39 is 0 Å². The molecule has 0 aliphatic carbocycles. The molecule has 1 rings (SSSR count). The predicted octanol–water partition coefficient (Wildman–Crippen LogP) is 3.33. The van der Waals surface area contributed by atoms with Crippen LogP contribution in [0.2, 0.25) is 0 Å². The summed E-state index contributed by atoms with van der Waals surface area (Å²) in [4.78, 5) is 10.2. The van der Waals surface area contributed by atoms with Crippen LogP contribution in [0.1, 0.15) is 43.7 Å². The van der Waals surface area contributed by atoms with E-state index in [-0.39, 0.29) is 0 Å². The Morgan fingerprint density at radius 2 is 2.00 bits per heavy atom. The van der Waals surface area contributed by atoms with Gasteiger partial charge in [-0.25, -0.2) is 0 Å². The number of aryl methyl sites for hydroxylation is 1. The van der Waals surface area contributed by atoms with E-state index in [0.29, 0.717) is 12.3 Å². The average molecular weight is 190 g/mol. The summed E-state index contributed by atoms with van der Waals surface area (Å²) in [5.74, 6) is 0.572. The molecule has 0 saturated carbocycles. The molecule has 0 spiro atoms. The van der Waals surface area contributed by atoms with E-state index in [0.717, 1.165) is 19.1 Å². The van der Waals surface area contributed by atoms with E-state index in [4.69, 9.17) is 0 Å². The minimum absolute atomic E-state index is 0.572. The fraction of sp³-hybridized carbons (Fsp3) is 0.462. The maximum absolute atomic E-state index is 10.2. The lowest BCUT2D eigenvalue weighted by molar-refractivity contribution is -0.107. The summed E-state index contributed by atoms with van der Waals surface area (Å²) in [5, 5.41) is 0. The fourth-order valence-electron chi connectivity index (χ4n) is 1.70. The standard InChI is InChI=1S/C13H18O/c1-11(2)13-9-4-3-7-12(13)8-5-6-10-14/h3-4,7,9-11H,5-6,8H2,1-2H3. The van der Waals surface area contributed by atoms with Crippen LogP contribution >= 0.6 is 0 Å². The molecule has 1 nitrogen and oxygen atoms in total. The van der Waals surface area contributed by atoms with E-state index in [1.807, 2.05) is 0 Å². The van der Waals surface area contributed by atoms with Crippen LogP contribution in [0.3, 0.4) is 0 Å². The van der Waals surface area contributed by atoms with Crippen LogP contribution in [-0.4, -0.2) is 6.29 Å². The van der Waals surface area contributed by atoms with Crippen LogP contribution in [0.15, 0.2) is 24.3 Å². The maximum Gasteiger partial charge on any atom is 0.120 e. The van der Waals surface area contributed by atoms with Gasteiger partial charge in [-0.1, -0.05) is 38.1 Å². The summed E-state index contributed by atoms with van der Waals surface area (Å²) in [7, 11) is 0. The highest BCUT2D eigenvalue weighted by molar-refractivity contribution is 5.49. The van der Waals surface area contributed by atoms with Gasteiger partial charge >= 0.3 is 0 Å². The lowest BCUT2D eigenvalue weighted by Crippen LogP contribution is -1.96. The molecule has 0 fully saturated rings. The molecular formula is C13H18O. The second-order valence-electron chi connectivity index (χ2n) is 3.91. The molecule has 0 bridgehead atoms. The largest absolute Gasteiger partial charge is 0.303 e. The van der Waals surface area contributed by atoms with E-state index in [9.17, 15) is 4.79 Å². The highest BCUT2D eigenvalue weighted by atomic mass is 16.1. The minimum atomic E-state index is 0.572. The van der Waals surface area contributed by atoms with Crippen molar-refractivity contribution < 1.29 is 4.79 Å². The Labute approximate surface area is 86.1 Å². The molecule has 1 aromatic rings. The van der Waals surface area contributed by atoms with Crippen LogP contribution in [0.4, 0.5) is 0 Å². The molecule has 0 N–H and O–H groups in total. The minimum Gasteiger partial charge on any atom is -0.303 e. The van der Waals surface area contributed by atoms with Crippen molar-refractivity contribution in [1.29, 1.82) is 0 Å². The topological polar surface area (TPSA) is 17.1 Å². The van der Waals surface area contributed by atoms with Gasteiger partial charge < -0.3 is 4.79 Å². The molecular weight excluding hydrogens is 172 g/mol. The van der Waals surface area contributed by atoms with Gasteiger partial charge in [0.1, 0.15) is 6.29 Å². The normalized spacial score (nSPS) is 10.5. The van der Waals surface area contributed by atoms with Crippen molar-refractivity contribution in [2.45, 2.75) is 39.0 Å². The number of benzene rings is 1. The van der Waals surface area contributed by atoms with Crippen LogP contribution in [0.25, 0.3) is 0 Å². The van der Waals surface area contributed by atoms with Gasteiger partial charge in [-0.3, -0.25) is 0 Å². The summed E-state index contributed by atoms with van der Waals surface area (Å²) in [6.07, 6.45) is 3.66. The zero-order chi connectivity index (χ0) is 10.4. The Kier molecular flexibility index (Phi) is 4.37. The van der Waals surface area contributed by atoms with Gasteiger partial charge in [0.2, 0.25) is 0 Å². The first-order chi connectivity index (χ1) is 6.75. The summed E-state index contributed by atoms with van der Waals surface area (Å²) in [5.41, 5.74) is 2.81. The van der Waals surface area contributed by atoms with Crippen LogP contribution < -0.4 is 0 Å². The summed E-state index contributed by atoms with van der Waals surface area (Å²) in [6, 6.07) is 8.50. The number of hydrogen-bond acceptors (Lipinski definition) is 1. The van der Waals surface area contributed by atoms with Gasteiger partial charge in [-0.05, 0) is 29.9 Å². The fourth-order valence-corrected chi connectivity index (χ4v) is 1.70. The summed E-state index contributed by atoms with van der Waals surface area (Å²) >= 11 is 0. The summed E-state index contributed by atoms with van der Waals surface area (Å²) < 4.78 is 0. The van der Waals surface area contributed by atoms with Crippen molar-refractivity contribution in [1.82, 2.24) is 0 Å². The SMILES string of the molecule is CC(C)c1ccccc1CCCC=O. The Morgan fingerprint density at radius 3 is 2.64 bits per heavy atom. The van der Waals surface area contributed by atoms with Crippen molar-refractivity contribution in [2.24, 2.45) is 0 Å². The number of carbonyl (C=O) groups is 1. The average Bonchev–Trinajstić information content (AvgIpc) is 2.19. The third-order valence-corrected chi connectivity index (χ3v) is 2.45. The second-order valence-corrected chi connectivity index (χ2v) is 3.91. The smallest absolute Gasteiger partial charge is 0.120 e. The highest BCUT2D eigenvalue weighted by Gasteiger charge is 2.04. The van der Waals surface area contributed by atoms with Crippen molar-refractivity contribution in [3.8, 4) is 0 Å². The van der Waals surface area contributed by atoms with Gasteiger partial charge in [-0.2, -0.15) is 0 Å². The second kappa shape index (κ2) is 5.58. The molecule has 76 valence electrons. The molecule has 0 atom stereocenters. The lowest BCUT2D eigenvalue weighted by Gasteiger charge is -2.11. The van der Waals surface area contributed by atoms with Gasteiger partial charge in [-0.15, -0.1) is 0 Å². The molecule has 1 heteroatoms. The Bertz CT molecular complexity index is 289. The van der Waals surface area contributed by atoms with Crippen LogP contribution in [-0.2, 0) is 11.2 Å². The van der Waals surface area contributed by atoms with Crippen molar-refractivity contribution in [3.63, 3.8) is 0 Å². The zero-order valence-electron chi connectivity index (χ0n) is 8.99. The Balaban J connectivity index is 2.69. The van der Waals surface area contributed by atoms with Crippen LogP contribution in [0.5, 0.6) is 0 Å². The monoisotopic (exact) mass is 190 g/mol. The highest BCUT2D eigenvalue weighted by Crippen LogP contribution is 2.20. The Morgan fingerprint density at radius 1 is 1.29 bits per heavy atom. The first kappa shape index (κ1) is 11.0. The first-order valence-corrected chi connectivity index (χ1v) is 5.27. The van der Waals surface area contributed by atoms with E-state index in [1.54, 1.807) is 0 Å². The molecule has 0 heterocycles. The number of rotatable bonds is 5. The van der Waals surface area contributed by atoms with Gasteiger partial charge in [0.05, 0.1) is 0 Å². The quantitative estimate of drug-likeness (QED) is 0.514. The van der Waals surface area contributed by atoms with Crippen molar-refractivity contribution >= 4 is 6.29 Å². The van der Waals surface area contributed by atoms with E-state index in [1.165, 1.54) is 11.1 Å². The lowest BCUT2D eigenvalue weighted by atomic mass is 9.94. The molecule has 0 radical (unpaired) electrons. The van der Waals surface area contributed by atoms with Gasteiger partial charge in [0.25, 0.3) is 0 Å². The molecule has 0 aromatic heterocycles. The van der Waals surface area contributed by atoms with Crippen LogP contribution in [0, 0.1) is 0 Å². The maximum atomic E-state index is 10.2. The van der Waals surface area contributed by atoms with Crippen molar-refractivity contribution in [3.05, 3.63) is 35.4 Å². The molecule has 0 unspecified atom stereocenters. The zero-order valence-corrected chi connectivity index (χ0v) is 8.99. The van der Waals surface area contributed by atoms with Gasteiger partial charge in [0, 0.05) is 6.42 Å². The molecule has 1 aromatic carbocycles. The number of hydrogen-bond donors (Lipinski definition) is 0. The molecule has 0 aliphatic rings. The molecule has 0 aliphatic heterocycles. The van der Waals surface area contributed by atoms with Crippen molar-refractivity contribution in [2.75, 3.05) is 0 Å². The van der Waals surface area contributed by atoms with E-state index >= 15 is 0 Å². The predicted molar refractivity (Wildman–Crippen MR) is 59.5 cm³/mol. The number of carbonyl (C=O) groups excluding carboxylic acids is 1. The number of unbranched alkanes of at least 4 members (excludes halogenated alkanes) is 1. The van der Waals surface area contributed by atoms with Gasteiger partial charge in [0.15, 0.2) is 0 Å². The Hall–Kier alpha value is -1.11. The molecule has 0 saturated heterocycles. The third-order valence-electron chi connectivity index (χ3n) is 2.45. The first-order valence-electron chi connectivity index (χ1n) is 5.27. The molecule has 14 heavy (non-hydrogen) atoms. The molecule has 0 amide bonds.